The van der Waals surface area contributed by atoms with Crippen LogP contribution in [0.25, 0.3) is 5.57 Å². The molecule has 132 valence electrons. The first-order chi connectivity index (χ1) is 12.8. The van der Waals surface area contributed by atoms with Crippen molar-refractivity contribution < 1.29 is 4.74 Å². The van der Waals surface area contributed by atoms with E-state index in [-0.39, 0.29) is 0 Å². The third-order valence-corrected chi connectivity index (χ3v) is 4.65. The summed E-state index contributed by atoms with van der Waals surface area (Å²) >= 11 is 0. The minimum Gasteiger partial charge on any atom is -0.497 e. The quantitative estimate of drug-likeness (QED) is 0.464. The monoisotopic (exact) mass is 342 g/mol. The van der Waals surface area contributed by atoms with Crippen molar-refractivity contribution in [3.05, 3.63) is 108 Å². The van der Waals surface area contributed by atoms with Gasteiger partial charge in [0.25, 0.3) is 0 Å². The summed E-state index contributed by atoms with van der Waals surface area (Å²) in [4.78, 5) is 0. The Hall–Kier alpha value is -2.80. The van der Waals surface area contributed by atoms with Gasteiger partial charge in [-0.15, -0.1) is 0 Å². The van der Waals surface area contributed by atoms with Gasteiger partial charge in [-0.3, -0.25) is 0 Å². The van der Waals surface area contributed by atoms with Gasteiger partial charge in [-0.25, -0.2) is 0 Å². The molecule has 0 aromatic heterocycles. The van der Waals surface area contributed by atoms with Crippen LogP contribution in [0.5, 0.6) is 5.75 Å². The highest BCUT2D eigenvalue weighted by Gasteiger charge is 2.04. The Morgan fingerprint density at radius 2 is 1.31 bits per heavy atom. The first kappa shape index (κ1) is 18.0. The molecule has 0 amide bonds. The van der Waals surface area contributed by atoms with Gasteiger partial charge >= 0.3 is 0 Å². The van der Waals surface area contributed by atoms with E-state index in [0.717, 1.165) is 31.4 Å². The van der Waals surface area contributed by atoms with Gasteiger partial charge in [0.15, 0.2) is 0 Å². The minimum atomic E-state index is 0.903. The lowest BCUT2D eigenvalue weighted by Gasteiger charge is -2.10. The van der Waals surface area contributed by atoms with Crippen molar-refractivity contribution in [1.82, 2.24) is 0 Å². The zero-order valence-electron chi connectivity index (χ0n) is 15.4. The van der Waals surface area contributed by atoms with Crippen molar-refractivity contribution >= 4 is 5.57 Å². The first-order valence-electron chi connectivity index (χ1n) is 9.26. The van der Waals surface area contributed by atoms with Gasteiger partial charge in [0.05, 0.1) is 7.11 Å². The number of aryl methyl sites for hydroxylation is 2. The number of benzene rings is 3. The average Bonchev–Trinajstić information content (AvgIpc) is 2.72. The van der Waals surface area contributed by atoms with E-state index in [2.05, 4.69) is 78.9 Å². The maximum Gasteiger partial charge on any atom is 0.118 e. The maximum atomic E-state index is 5.30. The van der Waals surface area contributed by atoms with Gasteiger partial charge in [-0.1, -0.05) is 78.9 Å². The fourth-order valence-corrected chi connectivity index (χ4v) is 3.15. The predicted molar refractivity (Wildman–Crippen MR) is 110 cm³/mol. The molecule has 0 aliphatic heterocycles. The summed E-state index contributed by atoms with van der Waals surface area (Å²) < 4.78 is 5.30. The van der Waals surface area contributed by atoms with E-state index in [9.17, 15) is 0 Å². The van der Waals surface area contributed by atoms with Crippen LogP contribution in [0.3, 0.4) is 0 Å². The molecule has 3 rings (SSSR count). The van der Waals surface area contributed by atoms with E-state index in [1.807, 2.05) is 12.1 Å². The van der Waals surface area contributed by atoms with Gasteiger partial charge in [0, 0.05) is 0 Å². The molecule has 3 aromatic rings. The fraction of sp³-hybridized carbons (Fsp3) is 0.200. The molecule has 0 fully saturated rings. The molecular weight excluding hydrogens is 316 g/mol. The van der Waals surface area contributed by atoms with Crippen LogP contribution in [0.2, 0.25) is 0 Å². The Labute approximate surface area is 157 Å². The zero-order chi connectivity index (χ0) is 18.0. The van der Waals surface area contributed by atoms with Crippen molar-refractivity contribution in [2.45, 2.75) is 25.7 Å². The van der Waals surface area contributed by atoms with Crippen LogP contribution in [-0.4, -0.2) is 7.11 Å². The molecule has 0 unspecified atom stereocenters. The van der Waals surface area contributed by atoms with Crippen molar-refractivity contribution in [3.8, 4) is 5.75 Å². The number of allylic oxidation sites excluding steroid dienone is 2. The zero-order valence-corrected chi connectivity index (χ0v) is 15.4. The SMILES string of the molecule is COc1ccc(/C(=C/CCc2ccccc2)CCc2ccccc2)cc1. The molecule has 0 radical (unpaired) electrons. The average molecular weight is 342 g/mol. The molecule has 1 nitrogen and oxygen atoms in total. The van der Waals surface area contributed by atoms with Crippen LogP contribution in [0, 0.1) is 0 Å². The molecule has 3 aromatic carbocycles. The second-order valence-corrected chi connectivity index (χ2v) is 6.47. The van der Waals surface area contributed by atoms with Gasteiger partial charge in [0.2, 0.25) is 0 Å². The molecule has 0 heterocycles. The molecule has 0 bridgehead atoms. The number of methoxy groups -OCH3 is 1. The molecule has 0 aliphatic carbocycles. The maximum absolute atomic E-state index is 5.30. The lowest BCUT2D eigenvalue weighted by atomic mass is 9.96. The van der Waals surface area contributed by atoms with Crippen molar-refractivity contribution in [2.75, 3.05) is 7.11 Å². The number of hydrogen-bond donors (Lipinski definition) is 0. The number of ether oxygens (including phenoxy) is 1. The summed E-state index contributed by atoms with van der Waals surface area (Å²) in [6, 6.07) is 29.8. The highest BCUT2D eigenvalue weighted by Crippen LogP contribution is 2.24. The van der Waals surface area contributed by atoms with Crippen molar-refractivity contribution in [2.24, 2.45) is 0 Å². The highest BCUT2D eigenvalue weighted by molar-refractivity contribution is 5.66. The molecule has 0 spiro atoms. The Kier molecular flexibility index (Phi) is 6.66. The number of rotatable bonds is 8. The first-order valence-corrected chi connectivity index (χ1v) is 9.26. The summed E-state index contributed by atoms with van der Waals surface area (Å²) in [5.74, 6) is 0.903. The van der Waals surface area contributed by atoms with E-state index >= 15 is 0 Å². The van der Waals surface area contributed by atoms with E-state index in [0.29, 0.717) is 0 Å². The Balaban J connectivity index is 1.72. The molecule has 0 aliphatic rings. The normalized spacial score (nSPS) is 11.3. The third kappa shape index (κ3) is 5.35. The third-order valence-electron chi connectivity index (χ3n) is 4.65. The van der Waals surface area contributed by atoms with Crippen LogP contribution in [0.1, 0.15) is 29.5 Å². The van der Waals surface area contributed by atoms with E-state index in [4.69, 9.17) is 4.74 Å². The topological polar surface area (TPSA) is 9.23 Å². The van der Waals surface area contributed by atoms with E-state index in [1.165, 1.54) is 22.3 Å². The van der Waals surface area contributed by atoms with Crippen LogP contribution < -0.4 is 4.74 Å². The Morgan fingerprint density at radius 1 is 0.731 bits per heavy atom. The summed E-state index contributed by atoms with van der Waals surface area (Å²) in [6.45, 7) is 0. The summed E-state index contributed by atoms with van der Waals surface area (Å²) in [6.07, 6.45) is 6.64. The molecule has 1 heteroatoms. The second kappa shape index (κ2) is 9.62. The van der Waals surface area contributed by atoms with E-state index < -0.39 is 0 Å². The van der Waals surface area contributed by atoms with Crippen LogP contribution in [-0.2, 0) is 12.8 Å². The minimum absolute atomic E-state index is 0.903. The second-order valence-electron chi connectivity index (χ2n) is 6.47. The number of hydrogen-bond acceptors (Lipinski definition) is 1. The van der Waals surface area contributed by atoms with E-state index in [1.54, 1.807) is 7.11 Å². The molecular formula is C25H26O. The van der Waals surface area contributed by atoms with Gasteiger partial charge in [-0.2, -0.15) is 0 Å². The van der Waals surface area contributed by atoms with Crippen molar-refractivity contribution in [1.29, 1.82) is 0 Å². The van der Waals surface area contributed by atoms with Crippen LogP contribution in [0.4, 0.5) is 0 Å². The predicted octanol–water partition coefficient (Wildman–Crippen LogP) is 6.34. The fourth-order valence-electron chi connectivity index (χ4n) is 3.15. The van der Waals surface area contributed by atoms with Crippen LogP contribution >= 0.6 is 0 Å². The Morgan fingerprint density at radius 3 is 1.88 bits per heavy atom. The lowest BCUT2D eigenvalue weighted by Crippen LogP contribution is -1.92. The molecule has 0 atom stereocenters. The Bertz CT molecular complexity index is 802. The smallest absolute Gasteiger partial charge is 0.118 e. The van der Waals surface area contributed by atoms with Gasteiger partial charge in [-0.05, 0) is 60.1 Å². The standard InChI is InChI=1S/C25H26O/c1-26-25-19-17-24(18-20-25)23(16-15-22-11-6-3-7-12-22)14-8-13-21-9-4-2-5-10-21/h2-7,9-12,14,17-20H,8,13,15-16H2,1H3/b23-14+. The lowest BCUT2D eigenvalue weighted by molar-refractivity contribution is 0.415. The van der Waals surface area contributed by atoms with Gasteiger partial charge in [0.1, 0.15) is 5.75 Å². The van der Waals surface area contributed by atoms with Crippen LogP contribution in [0.15, 0.2) is 91.0 Å². The molecule has 0 N–H and O–H groups in total. The summed E-state index contributed by atoms with van der Waals surface area (Å²) in [5.41, 5.74) is 5.47. The largest absolute Gasteiger partial charge is 0.497 e. The molecule has 0 saturated carbocycles. The van der Waals surface area contributed by atoms with Gasteiger partial charge < -0.3 is 4.74 Å². The summed E-state index contributed by atoms with van der Waals surface area (Å²) in [7, 11) is 1.71. The molecule has 26 heavy (non-hydrogen) atoms. The highest BCUT2D eigenvalue weighted by atomic mass is 16.5. The summed E-state index contributed by atoms with van der Waals surface area (Å²) in [5, 5.41) is 0. The molecule has 0 saturated heterocycles. The van der Waals surface area contributed by atoms with Crippen molar-refractivity contribution in [3.63, 3.8) is 0 Å².